The predicted octanol–water partition coefficient (Wildman–Crippen LogP) is 2.58. The van der Waals surface area contributed by atoms with Gasteiger partial charge in [0, 0.05) is 6.92 Å². The van der Waals surface area contributed by atoms with E-state index in [1.165, 1.54) is 20.3 Å². The summed E-state index contributed by atoms with van der Waals surface area (Å²) < 4.78 is 37.3. The van der Waals surface area contributed by atoms with E-state index in [1.54, 1.807) is 6.07 Å². The molecule has 18 heavy (non-hydrogen) atoms. The smallest absolute Gasteiger partial charge is 0.274 e. The summed E-state index contributed by atoms with van der Waals surface area (Å²) in [5.74, 6) is -2.53. The topological polar surface area (TPSA) is 30.5 Å². The molecule has 5 heteroatoms. The Kier molecular flexibility index (Phi) is 4.90. The summed E-state index contributed by atoms with van der Waals surface area (Å²) in [7, 11) is 4.62. The van der Waals surface area contributed by atoms with Crippen molar-refractivity contribution in [3.8, 4) is 11.5 Å². The van der Waals surface area contributed by atoms with Gasteiger partial charge in [-0.25, -0.2) is 8.78 Å². The Morgan fingerprint density at radius 2 is 1.89 bits per heavy atom. The number of methoxy groups -OCH3 is 2. The van der Waals surface area contributed by atoms with Crippen LogP contribution in [0.25, 0.3) is 0 Å². The second kappa shape index (κ2) is 6.00. The highest BCUT2D eigenvalue weighted by Crippen LogP contribution is 2.41. The molecule has 0 heterocycles. The SMILES string of the molecule is CNCCc1cc(OC)c(OC)c(C(C)(F)F)c1. The standard InChI is InChI=1S/C13H19F2NO2/c1-13(14,15)10-7-9(5-6-16-2)8-11(17-3)12(10)18-4/h7-8,16H,5-6H2,1-4H3. The van der Waals surface area contributed by atoms with Crippen LogP contribution in [-0.4, -0.2) is 27.8 Å². The van der Waals surface area contributed by atoms with Crippen LogP contribution in [0.3, 0.4) is 0 Å². The monoisotopic (exact) mass is 259 g/mol. The normalized spacial score (nSPS) is 11.4. The molecule has 0 bridgehead atoms. The van der Waals surface area contributed by atoms with E-state index >= 15 is 0 Å². The van der Waals surface area contributed by atoms with Gasteiger partial charge in [0.05, 0.1) is 19.8 Å². The summed E-state index contributed by atoms with van der Waals surface area (Å²) in [5.41, 5.74) is 0.647. The third-order valence-corrected chi connectivity index (χ3v) is 2.68. The molecule has 3 nitrogen and oxygen atoms in total. The van der Waals surface area contributed by atoms with E-state index in [9.17, 15) is 8.78 Å². The zero-order valence-corrected chi connectivity index (χ0v) is 11.1. The number of benzene rings is 1. The molecule has 0 aromatic heterocycles. The number of hydrogen-bond acceptors (Lipinski definition) is 3. The van der Waals surface area contributed by atoms with Crippen LogP contribution in [-0.2, 0) is 12.3 Å². The third-order valence-electron chi connectivity index (χ3n) is 2.68. The maximum Gasteiger partial charge on any atom is 0.274 e. The van der Waals surface area contributed by atoms with Crippen LogP contribution < -0.4 is 14.8 Å². The van der Waals surface area contributed by atoms with Crippen LogP contribution in [0.15, 0.2) is 12.1 Å². The maximum absolute atomic E-state index is 13.6. The Balaban J connectivity index is 3.27. The number of rotatable bonds is 6. The molecule has 1 aromatic rings. The van der Waals surface area contributed by atoms with Crippen LogP contribution in [0.4, 0.5) is 8.78 Å². The molecule has 1 aromatic carbocycles. The van der Waals surface area contributed by atoms with Gasteiger partial charge >= 0.3 is 0 Å². The molecule has 0 aliphatic carbocycles. The Labute approximate surface area is 106 Å². The second-order valence-electron chi connectivity index (χ2n) is 4.12. The molecule has 0 atom stereocenters. The molecule has 0 radical (unpaired) electrons. The minimum absolute atomic E-state index is 0.0956. The van der Waals surface area contributed by atoms with E-state index < -0.39 is 5.92 Å². The molecular formula is C13H19F2NO2. The second-order valence-corrected chi connectivity index (χ2v) is 4.12. The molecule has 102 valence electrons. The van der Waals surface area contributed by atoms with Gasteiger partial charge in [-0.2, -0.15) is 0 Å². The molecular weight excluding hydrogens is 240 g/mol. The molecule has 0 saturated carbocycles. The molecule has 1 rings (SSSR count). The Morgan fingerprint density at radius 3 is 2.33 bits per heavy atom. The largest absolute Gasteiger partial charge is 0.493 e. The molecule has 0 aliphatic heterocycles. The first-order valence-corrected chi connectivity index (χ1v) is 5.71. The van der Waals surface area contributed by atoms with Gasteiger partial charge in [-0.1, -0.05) is 0 Å². The quantitative estimate of drug-likeness (QED) is 0.851. The van der Waals surface area contributed by atoms with Crippen LogP contribution in [0.2, 0.25) is 0 Å². The van der Waals surface area contributed by atoms with E-state index in [0.29, 0.717) is 18.7 Å². The van der Waals surface area contributed by atoms with E-state index in [0.717, 1.165) is 12.5 Å². The maximum atomic E-state index is 13.6. The van der Waals surface area contributed by atoms with Gasteiger partial charge in [-0.3, -0.25) is 0 Å². The number of nitrogens with one attached hydrogen (secondary N) is 1. The fourth-order valence-corrected chi connectivity index (χ4v) is 1.76. The van der Waals surface area contributed by atoms with Crippen LogP contribution in [0.5, 0.6) is 11.5 Å². The lowest BCUT2D eigenvalue weighted by molar-refractivity contribution is 0.0146. The van der Waals surface area contributed by atoms with Crippen molar-refractivity contribution >= 4 is 0 Å². The van der Waals surface area contributed by atoms with Crippen molar-refractivity contribution in [2.45, 2.75) is 19.3 Å². The van der Waals surface area contributed by atoms with Gasteiger partial charge in [-0.15, -0.1) is 0 Å². The average Bonchev–Trinajstić information content (AvgIpc) is 2.33. The number of likely N-dealkylation sites (N-methyl/N-ethyl adjacent to an activating group) is 1. The van der Waals surface area contributed by atoms with Crippen LogP contribution >= 0.6 is 0 Å². The summed E-state index contributed by atoms with van der Waals surface area (Å²) in [6.45, 7) is 1.57. The molecule has 0 unspecified atom stereocenters. The summed E-state index contributed by atoms with van der Waals surface area (Å²) in [6.07, 6.45) is 0.653. The van der Waals surface area contributed by atoms with Gasteiger partial charge in [0.2, 0.25) is 0 Å². The highest BCUT2D eigenvalue weighted by atomic mass is 19.3. The van der Waals surface area contributed by atoms with Crippen molar-refractivity contribution in [2.24, 2.45) is 0 Å². The minimum atomic E-state index is -2.96. The predicted molar refractivity (Wildman–Crippen MR) is 66.7 cm³/mol. The highest BCUT2D eigenvalue weighted by Gasteiger charge is 2.31. The summed E-state index contributed by atoms with van der Waals surface area (Å²) in [5, 5.41) is 2.98. The first-order valence-electron chi connectivity index (χ1n) is 5.71. The molecule has 0 spiro atoms. The number of ether oxygens (including phenoxy) is 2. The summed E-state index contributed by atoms with van der Waals surface area (Å²) in [4.78, 5) is 0. The van der Waals surface area contributed by atoms with Crippen molar-refractivity contribution in [3.05, 3.63) is 23.3 Å². The van der Waals surface area contributed by atoms with Crippen molar-refractivity contribution in [1.29, 1.82) is 0 Å². The van der Waals surface area contributed by atoms with Gasteiger partial charge < -0.3 is 14.8 Å². The molecule has 0 aliphatic rings. The van der Waals surface area contributed by atoms with Crippen molar-refractivity contribution in [2.75, 3.05) is 27.8 Å². The van der Waals surface area contributed by atoms with Gasteiger partial charge in [0.1, 0.15) is 0 Å². The van der Waals surface area contributed by atoms with E-state index in [2.05, 4.69) is 5.32 Å². The fourth-order valence-electron chi connectivity index (χ4n) is 1.76. The summed E-state index contributed by atoms with van der Waals surface area (Å²) >= 11 is 0. The number of alkyl halides is 2. The van der Waals surface area contributed by atoms with Crippen LogP contribution in [0.1, 0.15) is 18.1 Å². The highest BCUT2D eigenvalue weighted by molar-refractivity contribution is 5.51. The molecule has 0 amide bonds. The lowest BCUT2D eigenvalue weighted by Gasteiger charge is -2.19. The number of hydrogen-bond donors (Lipinski definition) is 1. The van der Waals surface area contributed by atoms with Gasteiger partial charge in [0.15, 0.2) is 11.5 Å². The van der Waals surface area contributed by atoms with Gasteiger partial charge in [-0.05, 0) is 37.7 Å². The molecule has 0 saturated heterocycles. The first-order chi connectivity index (χ1) is 8.43. The van der Waals surface area contributed by atoms with Crippen LogP contribution in [0, 0.1) is 0 Å². The van der Waals surface area contributed by atoms with Crippen molar-refractivity contribution in [3.63, 3.8) is 0 Å². The van der Waals surface area contributed by atoms with Gasteiger partial charge in [0.25, 0.3) is 5.92 Å². The van der Waals surface area contributed by atoms with E-state index in [1.807, 2.05) is 7.05 Å². The Hall–Kier alpha value is -1.36. The van der Waals surface area contributed by atoms with Crippen molar-refractivity contribution < 1.29 is 18.3 Å². The fraction of sp³-hybridized carbons (Fsp3) is 0.538. The molecule has 1 N–H and O–H groups in total. The van der Waals surface area contributed by atoms with Crippen molar-refractivity contribution in [1.82, 2.24) is 5.32 Å². The van der Waals surface area contributed by atoms with E-state index in [4.69, 9.17) is 9.47 Å². The minimum Gasteiger partial charge on any atom is -0.493 e. The summed E-state index contributed by atoms with van der Waals surface area (Å²) in [6, 6.07) is 3.20. The zero-order chi connectivity index (χ0) is 13.8. The average molecular weight is 259 g/mol. The zero-order valence-electron chi connectivity index (χ0n) is 11.1. The Bertz CT molecular complexity index is 403. The first kappa shape index (κ1) is 14.7. The van der Waals surface area contributed by atoms with E-state index in [-0.39, 0.29) is 11.3 Å². The lowest BCUT2D eigenvalue weighted by Crippen LogP contribution is -2.14. The lowest BCUT2D eigenvalue weighted by atomic mass is 10.0. The third kappa shape index (κ3) is 3.32. The Morgan fingerprint density at radius 1 is 1.22 bits per heavy atom. The number of halogens is 2. The molecule has 0 fully saturated rings.